The van der Waals surface area contributed by atoms with E-state index in [4.69, 9.17) is 20.9 Å². The summed E-state index contributed by atoms with van der Waals surface area (Å²) in [5, 5.41) is 4.68. The highest BCUT2D eigenvalue weighted by atomic mass is 35.5. The molecule has 4 aromatic rings. The lowest BCUT2D eigenvalue weighted by atomic mass is 10.2. The van der Waals surface area contributed by atoms with Crippen LogP contribution in [0.4, 0.5) is 0 Å². The Morgan fingerprint density at radius 3 is 2.92 bits per heavy atom. The van der Waals surface area contributed by atoms with Crippen LogP contribution in [-0.4, -0.2) is 19.7 Å². The number of hydrogen-bond acceptors (Lipinski definition) is 5. The van der Waals surface area contributed by atoms with Crippen molar-refractivity contribution in [3.05, 3.63) is 59.7 Å². The molecular weight excluding hydrogens is 340 g/mol. The van der Waals surface area contributed by atoms with Gasteiger partial charge in [-0.1, -0.05) is 22.8 Å². The van der Waals surface area contributed by atoms with Gasteiger partial charge in [-0.2, -0.15) is 4.98 Å². The van der Waals surface area contributed by atoms with Gasteiger partial charge in [0.15, 0.2) is 6.10 Å². The molecule has 0 bridgehead atoms. The molecule has 0 N–H and O–H groups in total. The number of hydrogen-bond donors (Lipinski definition) is 0. The monoisotopic (exact) mass is 354 g/mol. The van der Waals surface area contributed by atoms with E-state index in [2.05, 4.69) is 15.1 Å². The maximum absolute atomic E-state index is 5.97. The molecule has 0 radical (unpaired) electrons. The summed E-state index contributed by atoms with van der Waals surface area (Å²) in [6, 6.07) is 13.0. The fourth-order valence-electron chi connectivity index (χ4n) is 2.58. The van der Waals surface area contributed by atoms with E-state index in [0.717, 1.165) is 16.6 Å². The fourth-order valence-corrected chi connectivity index (χ4v) is 2.76. The number of fused-ring (bicyclic) bond motifs is 1. The lowest BCUT2D eigenvalue weighted by molar-refractivity contribution is 0.176. The third-order valence-corrected chi connectivity index (χ3v) is 4.12. The fraction of sp³-hybridized carbons (Fsp3) is 0.167. The molecule has 0 aliphatic heterocycles. The third-order valence-electron chi connectivity index (χ3n) is 3.88. The Hall–Kier alpha value is -2.86. The standard InChI is InChI=1S/C18H15ClN4O2/c1-11(24-14-5-3-4-13(19)9-14)18-21-17(22-25-18)12-6-7-15-16(8-12)23(2)10-20-15/h3-11H,1-2H3/t11-/m1/s1. The van der Waals surface area contributed by atoms with Gasteiger partial charge in [0.1, 0.15) is 5.75 Å². The van der Waals surface area contributed by atoms with E-state index in [1.807, 2.05) is 48.9 Å². The van der Waals surface area contributed by atoms with Gasteiger partial charge < -0.3 is 13.8 Å². The maximum atomic E-state index is 5.97. The molecule has 0 spiro atoms. The van der Waals surface area contributed by atoms with Crippen LogP contribution in [0.1, 0.15) is 18.9 Å². The van der Waals surface area contributed by atoms with Gasteiger partial charge >= 0.3 is 0 Å². The van der Waals surface area contributed by atoms with Crippen LogP contribution in [0.3, 0.4) is 0 Å². The summed E-state index contributed by atoms with van der Waals surface area (Å²) >= 11 is 5.97. The second-order valence-electron chi connectivity index (χ2n) is 5.73. The van der Waals surface area contributed by atoms with Gasteiger partial charge in [0.25, 0.3) is 5.89 Å². The molecular formula is C18H15ClN4O2. The number of aryl methyl sites for hydroxylation is 1. The molecule has 0 saturated heterocycles. The van der Waals surface area contributed by atoms with Gasteiger partial charge in [0.05, 0.1) is 17.4 Å². The average Bonchev–Trinajstić information content (AvgIpc) is 3.22. The molecule has 2 aromatic carbocycles. The zero-order chi connectivity index (χ0) is 17.4. The van der Waals surface area contributed by atoms with Crippen molar-refractivity contribution in [1.29, 1.82) is 0 Å². The first-order valence-electron chi connectivity index (χ1n) is 7.77. The predicted molar refractivity (Wildman–Crippen MR) is 94.5 cm³/mol. The first-order chi connectivity index (χ1) is 12.1. The second-order valence-corrected chi connectivity index (χ2v) is 6.17. The lowest BCUT2D eigenvalue weighted by Gasteiger charge is -2.10. The van der Waals surface area contributed by atoms with E-state index in [1.54, 1.807) is 18.5 Å². The Balaban J connectivity index is 1.59. The summed E-state index contributed by atoms with van der Waals surface area (Å²) in [4.78, 5) is 8.76. The molecule has 0 aliphatic carbocycles. The van der Waals surface area contributed by atoms with Crippen molar-refractivity contribution in [3.63, 3.8) is 0 Å². The number of rotatable bonds is 4. The van der Waals surface area contributed by atoms with E-state index in [1.165, 1.54) is 0 Å². The number of ether oxygens (including phenoxy) is 1. The van der Waals surface area contributed by atoms with Crippen molar-refractivity contribution in [2.75, 3.05) is 0 Å². The van der Waals surface area contributed by atoms with Crippen molar-refractivity contribution < 1.29 is 9.26 Å². The quantitative estimate of drug-likeness (QED) is 0.543. The summed E-state index contributed by atoms with van der Waals surface area (Å²) in [6.07, 6.45) is 1.39. The Morgan fingerprint density at radius 1 is 1.20 bits per heavy atom. The van der Waals surface area contributed by atoms with E-state index in [-0.39, 0.29) is 6.10 Å². The number of imidazole rings is 1. The van der Waals surface area contributed by atoms with E-state index >= 15 is 0 Å². The second kappa shape index (κ2) is 6.22. The molecule has 6 nitrogen and oxygen atoms in total. The zero-order valence-electron chi connectivity index (χ0n) is 13.7. The highest BCUT2D eigenvalue weighted by Crippen LogP contribution is 2.26. The summed E-state index contributed by atoms with van der Waals surface area (Å²) in [5.74, 6) is 1.57. The van der Waals surface area contributed by atoms with Crippen LogP contribution >= 0.6 is 11.6 Å². The van der Waals surface area contributed by atoms with E-state index in [9.17, 15) is 0 Å². The zero-order valence-corrected chi connectivity index (χ0v) is 14.4. The van der Waals surface area contributed by atoms with E-state index < -0.39 is 0 Å². The van der Waals surface area contributed by atoms with Crippen LogP contribution in [0.25, 0.3) is 22.4 Å². The number of aromatic nitrogens is 4. The topological polar surface area (TPSA) is 66.0 Å². The molecule has 2 heterocycles. The van der Waals surface area contributed by atoms with Gasteiger partial charge in [0.2, 0.25) is 5.82 Å². The molecule has 0 aliphatic rings. The van der Waals surface area contributed by atoms with E-state index in [0.29, 0.717) is 22.5 Å². The summed E-state index contributed by atoms with van der Waals surface area (Å²) in [7, 11) is 1.95. The third kappa shape index (κ3) is 3.08. The van der Waals surface area contributed by atoms with Gasteiger partial charge in [0, 0.05) is 17.6 Å². The van der Waals surface area contributed by atoms with Crippen LogP contribution in [-0.2, 0) is 7.05 Å². The van der Waals surface area contributed by atoms with Crippen molar-refractivity contribution in [3.8, 4) is 17.1 Å². The van der Waals surface area contributed by atoms with Gasteiger partial charge in [-0.3, -0.25) is 0 Å². The minimum absolute atomic E-state index is 0.389. The van der Waals surface area contributed by atoms with Crippen LogP contribution in [0.2, 0.25) is 5.02 Å². The highest BCUT2D eigenvalue weighted by molar-refractivity contribution is 6.30. The summed E-state index contributed by atoms with van der Waals surface area (Å²) in [5.41, 5.74) is 2.79. The Bertz CT molecular complexity index is 1040. The van der Waals surface area contributed by atoms with Crippen LogP contribution in [0.15, 0.2) is 53.3 Å². The van der Waals surface area contributed by atoms with Gasteiger partial charge in [-0.25, -0.2) is 4.98 Å². The van der Waals surface area contributed by atoms with Crippen molar-refractivity contribution in [2.24, 2.45) is 7.05 Å². The number of nitrogens with zero attached hydrogens (tertiary/aromatic N) is 4. The number of halogens is 1. The van der Waals surface area contributed by atoms with Gasteiger partial charge in [-0.15, -0.1) is 0 Å². The largest absolute Gasteiger partial charge is 0.481 e. The molecule has 0 fully saturated rings. The van der Waals surface area contributed by atoms with Crippen molar-refractivity contribution >= 4 is 22.6 Å². The molecule has 0 saturated carbocycles. The van der Waals surface area contributed by atoms with Gasteiger partial charge in [-0.05, 0) is 43.3 Å². The minimum atomic E-state index is -0.389. The summed E-state index contributed by atoms with van der Waals surface area (Å²) in [6.45, 7) is 1.85. The predicted octanol–water partition coefficient (Wildman–Crippen LogP) is 4.42. The molecule has 126 valence electrons. The Morgan fingerprint density at radius 2 is 2.08 bits per heavy atom. The van der Waals surface area contributed by atoms with Crippen LogP contribution < -0.4 is 4.74 Å². The first kappa shape index (κ1) is 15.7. The maximum Gasteiger partial charge on any atom is 0.267 e. The first-order valence-corrected chi connectivity index (χ1v) is 8.15. The molecule has 25 heavy (non-hydrogen) atoms. The summed E-state index contributed by atoms with van der Waals surface area (Å²) < 4.78 is 13.1. The van der Waals surface area contributed by atoms with Crippen LogP contribution in [0, 0.1) is 0 Å². The molecule has 0 amide bonds. The van der Waals surface area contributed by atoms with Crippen molar-refractivity contribution in [2.45, 2.75) is 13.0 Å². The highest BCUT2D eigenvalue weighted by Gasteiger charge is 2.17. The average molecular weight is 355 g/mol. The molecule has 7 heteroatoms. The normalized spacial score (nSPS) is 12.4. The number of benzene rings is 2. The van der Waals surface area contributed by atoms with Crippen molar-refractivity contribution in [1.82, 2.24) is 19.7 Å². The Labute approximate surface area is 149 Å². The SMILES string of the molecule is C[C@@H](Oc1cccc(Cl)c1)c1nc(-c2ccc3ncn(C)c3c2)no1. The molecule has 4 rings (SSSR count). The van der Waals surface area contributed by atoms with Crippen LogP contribution in [0.5, 0.6) is 5.75 Å². The lowest BCUT2D eigenvalue weighted by Crippen LogP contribution is -2.03. The molecule has 1 atom stereocenters. The molecule has 2 aromatic heterocycles. The Kier molecular flexibility index (Phi) is 3.89. The minimum Gasteiger partial charge on any atom is -0.481 e. The smallest absolute Gasteiger partial charge is 0.267 e. The molecule has 0 unspecified atom stereocenters.